The van der Waals surface area contributed by atoms with Crippen LogP contribution in [0.1, 0.15) is 19.3 Å². The van der Waals surface area contributed by atoms with Crippen molar-refractivity contribution >= 4 is 6.09 Å². The molecule has 0 bridgehead atoms. The monoisotopic (exact) mass is 185 g/mol. The quantitative estimate of drug-likeness (QED) is 0.585. The van der Waals surface area contributed by atoms with Crippen molar-refractivity contribution in [3.05, 3.63) is 0 Å². The van der Waals surface area contributed by atoms with Gasteiger partial charge in [0.05, 0.1) is 6.10 Å². The number of hydrogen-bond donors (Lipinski definition) is 2. The molecule has 0 aromatic carbocycles. The zero-order valence-corrected chi connectivity index (χ0v) is 7.52. The van der Waals surface area contributed by atoms with E-state index in [1.54, 1.807) is 0 Å². The molecule has 1 aliphatic heterocycles. The van der Waals surface area contributed by atoms with E-state index in [0.717, 1.165) is 19.3 Å². The summed E-state index contributed by atoms with van der Waals surface area (Å²) in [6.45, 7) is 1.15. The molecule has 0 radical (unpaired) electrons. The summed E-state index contributed by atoms with van der Waals surface area (Å²) in [6.07, 6.45) is 1.83. The Morgan fingerprint density at radius 2 is 2.08 bits per heavy atom. The molecular weight excluding hydrogens is 170 g/mol. The summed E-state index contributed by atoms with van der Waals surface area (Å²) in [5.74, 6) is 0.602. The van der Waals surface area contributed by atoms with Gasteiger partial charge in [-0.15, -0.1) is 0 Å². The number of likely N-dealkylation sites (tertiary alicyclic amines) is 1. The first-order valence-corrected chi connectivity index (χ1v) is 4.84. The second kappa shape index (κ2) is 3.18. The Hall–Kier alpha value is -0.770. The molecule has 1 saturated carbocycles. The van der Waals surface area contributed by atoms with Crippen LogP contribution in [0.5, 0.6) is 0 Å². The number of nitrogens with zero attached hydrogens (tertiary/aromatic N) is 1. The van der Waals surface area contributed by atoms with E-state index in [9.17, 15) is 9.90 Å². The van der Waals surface area contributed by atoms with Crippen LogP contribution in [0.2, 0.25) is 0 Å². The van der Waals surface area contributed by atoms with Crippen molar-refractivity contribution in [2.45, 2.75) is 25.4 Å². The standard InChI is InChI=1S/C9H15NO3/c11-8-3-1-2-6-4-10(9(12)13)5-7(6)8/h6-8,11H,1-5H2,(H,12,13)/t6-,7+,8-/m1/s1. The molecule has 1 heterocycles. The highest BCUT2D eigenvalue weighted by molar-refractivity contribution is 5.65. The number of fused-ring (bicyclic) bond motifs is 1. The van der Waals surface area contributed by atoms with Gasteiger partial charge in [0, 0.05) is 19.0 Å². The maximum atomic E-state index is 10.7. The van der Waals surface area contributed by atoms with Crippen molar-refractivity contribution in [1.82, 2.24) is 4.90 Å². The van der Waals surface area contributed by atoms with E-state index in [1.165, 1.54) is 4.90 Å². The maximum absolute atomic E-state index is 10.7. The molecule has 2 aliphatic rings. The lowest BCUT2D eigenvalue weighted by atomic mass is 9.80. The maximum Gasteiger partial charge on any atom is 0.407 e. The van der Waals surface area contributed by atoms with Crippen LogP contribution in [0, 0.1) is 11.8 Å². The molecule has 0 unspecified atom stereocenters. The van der Waals surface area contributed by atoms with Crippen LogP contribution < -0.4 is 0 Å². The minimum absolute atomic E-state index is 0.199. The highest BCUT2D eigenvalue weighted by atomic mass is 16.4. The highest BCUT2D eigenvalue weighted by Crippen LogP contribution is 2.36. The van der Waals surface area contributed by atoms with Gasteiger partial charge in [-0.1, -0.05) is 6.42 Å². The second-order valence-electron chi connectivity index (χ2n) is 4.11. The smallest absolute Gasteiger partial charge is 0.407 e. The molecule has 3 atom stereocenters. The van der Waals surface area contributed by atoms with Gasteiger partial charge in [-0.2, -0.15) is 0 Å². The Balaban J connectivity index is 2.04. The molecule has 4 heteroatoms. The lowest BCUT2D eigenvalue weighted by molar-refractivity contribution is 0.0549. The predicted octanol–water partition coefficient (Wildman–Crippen LogP) is 0.757. The van der Waals surface area contributed by atoms with E-state index < -0.39 is 6.09 Å². The van der Waals surface area contributed by atoms with Crippen molar-refractivity contribution in [2.75, 3.05) is 13.1 Å². The van der Waals surface area contributed by atoms with Crippen LogP contribution in [0.4, 0.5) is 4.79 Å². The molecule has 1 aliphatic carbocycles. The number of aliphatic hydroxyl groups is 1. The van der Waals surface area contributed by atoms with Crippen LogP contribution in [0.15, 0.2) is 0 Å². The Bertz CT molecular complexity index is 219. The van der Waals surface area contributed by atoms with Gasteiger partial charge >= 0.3 is 6.09 Å². The van der Waals surface area contributed by atoms with Gasteiger partial charge < -0.3 is 15.1 Å². The molecule has 0 spiro atoms. The van der Waals surface area contributed by atoms with Crippen LogP contribution in [-0.2, 0) is 0 Å². The third kappa shape index (κ3) is 1.50. The minimum Gasteiger partial charge on any atom is -0.465 e. The fraction of sp³-hybridized carbons (Fsp3) is 0.889. The molecule has 13 heavy (non-hydrogen) atoms. The van der Waals surface area contributed by atoms with Crippen molar-refractivity contribution in [1.29, 1.82) is 0 Å². The van der Waals surface area contributed by atoms with E-state index in [-0.39, 0.29) is 12.0 Å². The number of carboxylic acid groups (broad SMARTS) is 1. The highest BCUT2D eigenvalue weighted by Gasteiger charge is 2.40. The van der Waals surface area contributed by atoms with Gasteiger partial charge in [0.15, 0.2) is 0 Å². The normalized spacial score (nSPS) is 38.8. The number of amides is 1. The fourth-order valence-corrected chi connectivity index (χ4v) is 2.60. The summed E-state index contributed by atoms with van der Waals surface area (Å²) >= 11 is 0. The minimum atomic E-state index is -0.846. The first-order chi connectivity index (χ1) is 6.18. The van der Waals surface area contributed by atoms with Gasteiger partial charge in [-0.3, -0.25) is 0 Å². The molecule has 2 fully saturated rings. The van der Waals surface area contributed by atoms with Crippen molar-refractivity contribution in [3.8, 4) is 0 Å². The summed E-state index contributed by atoms with van der Waals surface area (Å²) in [6, 6.07) is 0. The average Bonchev–Trinajstić information content (AvgIpc) is 2.49. The lowest BCUT2D eigenvalue weighted by Gasteiger charge is -2.28. The van der Waals surface area contributed by atoms with Crippen LogP contribution in [0.25, 0.3) is 0 Å². The number of rotatable bonds is 0. The fourth-order valence-electron chi connectivity index (χ4n) is 2.60. The topological polar surface area (TPSA) is 60.8 Å². The number of hydrogen-bond acceptors (Lipinski definition) is 2. The molecule has 2 N–H and O–H groups in total. The van der Waals surface area contributed by atoms with Gasteiger partial charge in [0.1, 0.15) is 0 Å². The average molecular weight is 185 g/mol. The van der Waals surface area contributed by atoms with Crippen LogP contribution in [-0.4, -0.2) is 40.4 Å². The SMILES string of the molecule is O=C(O)N1C[C@H]2CCC[C@@H](O)[C@H]2C1. The van der Waals surface area contributed by atoms with E-state index >= 15 is 0 Å². The predicted molar refractivity (Wildman–Crippen MR) is 46.4 cm³/mol. The first kappa shape index (κ1) is 8.81. The molecule has 74 valence electrons. The summed E-state index contributed by atoms with van der Waals surface area (Å²) in [5.41, 5.74) is 0. The van der Waals surface area contributed by atoms with Gasteiger partial charge in [0.25, 0.3) is 0 Å². The Morgan fingerprint density at radius 3 is 2.69 bits per heavy atom. The molecule has 1 amide bonds. The third-order valence-electron chi connectivity index (χ3n) is 3.33. The lowest BCUT2D eigenvalue weighted by Crippen LogP contribution is -2.32. The molecule has 4 nitrogen and oxygen atoms in total. The van der Waals surface area contributed by atoms with Crippen LogP contribution in [0.3, 0.4) is 0 Å². The third-order valence-corrected chi connectivity index (χ3v) is 3.33. The van der Waals surface area contributed by atoms with E-state index in [0.29, 0.717) is 19.0 Å². The summed E-state index contributed by atoms with van der Waals surface area (Å²) in [5, 5.41) is 18.5. The summed E-state index contributed by atoms with van der Waals surface area (Å²) < 4.78 is 0. The van der Waals surface area contributed by atoms with Crippen molar-refractivity contribution in [2.24, 2.45) is 11.8 Å². The van der Waals surface area contributed by atoms with Gasteiger partial charge in [-0.05, 0) is 18.8 Å². The number of aliphatic hydroxyl groups excluding tert-OH is 1. The Kier molecular flexibility index (Phi) is 2.15. The first-order valence-electron chi connectivity index (χ1n) is 4.84. The Morgan fingerprint density at radius 1 is 1.31 bits per heavy atom. The van der Waals surface area contributed by atoms with Crippen LogP contribution >= 0.6 is 0 Å². The van der Waals surface area contributed by atoms with Crippen molar-refractivity contribution in [3.63, 3.8) is 0 Å². The summed E-state index contributed by atoms with van der Waals surface area (Å²) in [7, 11) is 0. The molecule has 0 aromatic rings. The van der Waals surface area contributed by atoms with E-state index in [2.05, 4.69) is 0 Å². The second-order valence-corrected chi connectivity index (χ2v) is 4.11. The number of carbonyl (C=O) groups is 1. The molecule has 0 aromatic heterocycles. The Labute approximate surface area is 77.2 Å². The van der Waals surface area contributed by atoms with Crippen molar-refractivity contribution < 1.29 is 15.0 Å². The molecule has 1 saturated heterocycles. The summed E-state index contributed by atoms with van der Waals surface area (Å²) in [4.78, 5) is 12.1. The largest absolute Gasteiger partial charge is 0.465 e. The molecular formula is C9H15NO3. The van der Waals surface area contributed by atoms with E-state index in [4.69, 9.17) is 5.11 Å². The van der Waals surface area contributed by atoms with E-state index in [1.807, 2.05) is 0 Å². The zero-order chi connectivity index (χ0) is 9.42. The molecule has 2 rings (SSSR count). The van der Waals surface area contributed by atoms with Gasteiger partial charge in [0.2, 0.25) is 0 Å². The van der Waals surface area contributed by atoms with Gasteiger partial charge in [-0.25, -0.2) is 4.79 Å². The zero-order valence-electron chi connectivity index (χ0n) is 7.52.